The van der Waals surface area contributed by atoms with E-state index in [-0.39, 0.29) is 23.6 Å². The van der Waals surface area contributed by atoms with Crippen LogP contribution in [0.15, 0.2) is 62.9 Å². The van der Waals surface area contributed by atoms with Crippen molar-refractivity contribution >= 4 is 62.3 Å². The summed E-state index contributed by atoms with van der Waals surface area (Å²) in [6.07, 6.45) is 1.67. The Labute approximate surface area is 179 Å². The number of benzene rings is 2. The first-order valence-corrected chi connectivity index (χ1v) is 10.1. The number of amides is 3. The van der Waals surface area contributed by atoms with E-state index in [2.05, 4.69) is 31.6 Å². The molecular weight excluding hydrogens is 458 g/mol. The van der Waals surface area contributed by atoms with Crippen LogP contribution in [0.2, 0.25) is 0 Å². The van der Waals surface area contributed by atoms with Crippen LogP contribution in [0.3, 0.4) is 0 Å². The largest absolute Gasteiger partial charge is 0.483 e. The van der Waals surface area contributed by atoms with E-state index >= 15 is 0 Å². The second-order valence-electron chi connectivity index (χ2n) is 5.91. The van der Waals surface area contributed by atoms with Crippen molar-refractivity contribution in [2.75, 3.05) is 11.9 Å². The molecule has 0 radical (unpaired) electrons. The third-order valence-corrected chi connectivity index (χ3v) is 5.09. The minimum atomic E-state index is -0.409. The Morgan fingerprint density at radius 2 is 1.93 bits per heavy atom. The summed E-state index contributed by atoms with van der Waals surface area (Å²) < 4.78 is 6.19. The van der Waals surface area contributed by atoms with E-state index < -0.39 is 5.91 Å². The number of ether oxygens (including phenoxy) is 1. The summed E-state index contributed by atoms with van der Waals surface area (Å²) in [6, 6.07) is 14.3. The Balaban J connectivity index is 1.60. The van der Waals surface area contributed by atoms with E-state index in [1.54, 1.807) is 36.4 Å². The molecule has 0 aromatic heterocycles. The van der Waals surface area contributed by atoms with Crippen LogP contribution in [0.1, 0.15) is 12.5 Å². The number of carbonyl (C=O) groups excluding carboxylic acids is 3. The molecule has 0 atom stereocenters. The molecule has 2 aromatic rings. The average molecular weight is 474 g/mol. The first kappa shape index (κ1) is 20.8. The van der Waals surface area contributed by atoms with Gasteiger partial charge in [0.1, 0.15) is 5.75 Å². The number of anilines is 1. The third-order valence-electron chi connectivity index (χ3n) is 3.57. The SMILES string of the molecule is CC(=O)NC1=NC(=O)C(=Cc2ccc(OCC(=O)Nc3ccccc3)c(Br)c2)S1. The molecule has 148 valence electrons. The molecule has 1 heterocycles. The number of hydrogen-bond acceptors (Lipinski definition) is 5. The van der Waals surface area contributed by atoms with Gasteiger partial charge in [0.25, 0.3) is 11.8 Å². The Hall–Kier alpha value is -2.91. The van der Waals surface area contributed by atoms with E-state index in [9.17, 15) is 14.4 Å². The fourth-order valence-corrected chi connectivity index (χ4v) is 3.72. The summed E-state index contributed by atoms with van der Waals surface area (Å²) in [5.41, 5.74) is 1.44. The van der Waals surface area contributed by atoms with Crippen LogP contribution in [0.25, 0.3) is 6.08 Å². The highest BCUT2D eigenvalue weighted by Crippen LogP contribution is 2.31. The zero-order valence-corrected chi connectivity index (χ0v) is 17.7. The van der Waals surface area contributed by atoms with Gasteiger partial charge in [-0.15, -0.1) is 0 Å². The van der Waals surface area contributed by atoms with E-state index in [0.29, 0.717) is 20.8 Å². The number of amidine groups is 1. The fraction of sp³-hybridized carbons (Fsp3) is 0.100. The molecule has 0 unspecified atom stereocenters. The molecule has 1 aliphatic heterocycles. The summed E-state index contributed by atoms with van der Waals surface area (Å²) in [6.45, 7) is 1.21. The number of aliphatic imine (C=N–C) groups is 1. The highest BCUT2D eigenvalue weighted by molar-refractivity contribution is 9.10. The van der Waals surface area contributed by atoms with Crippen molar-refractivity contribution in [2.45, 2.75) is 6.92 Å². The van der Waals surface area contributed by atoms with Crippen molar-refractivity contribution in [1.29, 1.82) is 0 Å². The fourth-order valence-electron chi connectivity index (χ4n) is 2.35. The molecule has 0 saturated carbocycles. The van der Waals surface area contributed by atoms with Gasteiger partial charge in [0, 0.05) is 12.6 Å². The van der Waals surface area contributed by atoms with Crippen LogP contribution in [0.4, 0.5) is 5.69 Å². The van der Waals surface area contributed by atoms with Gasteiger partial charge in [0.15, 0.2) is 11.8 Å². The first-order valence-electron chi connectivity index (χ1n) is 8.48. The van der Waals surface area contributed by atoms with E-state index in [0.717, 1.165) is 17.3 Å². The summed E-state index contributed by atoms with van der Waals surface area (Å²) in [5, 5.41) is 5.50. The Morgan fingerprint density at radius 1 is 1.17 bits per heavy atom. The summed E-state index contributed by atoms with van der Waals surface area (Å²) in [5.74, 6) is -0.473. The molecule has 2 N–H and O–H groups in total. The van der Waals surface area contributed by atoms with Crippen LogP contribution >= 0.6 is 27.7 Å². The summed E-state index contributed by atoms with van der Waals surface area (Å²) in [7, 11) is 0. The second-order valence-corrected chi connectivity index (χ2v) is 7.79. The van der Waals surface area contributed by atoms with Gasteiger partial charge in [-0.1, -0.05) is 24.3 Å². The smallest absolute Gasteiger partial charge is 0.286 e. The van der Waals surface area contributed by atoms with Gasteiger partial charge >= 0.3 is 0 Å². The highest BCUT2D eigenvalue weighted by Gasteiger charge is 2.22. The minimum Gasteiger partial charge on any atom is -0.483 e. The molecule has 7 nitrogen and oxygen atoms in total. The number of para-hydroxylation sites is 1. The molecule has 0 aliphatic carbocycles. The maximum Gasteiger partial charge on any atom is 0.286 e. The number of halogens is 1. The highest BCUT2D eigenvalue weighted by atomic mass is 79.9. The lowest BCUT2D eigenvalue weighted by Crippen LogP contribution is -2.23. The topological polar surface area (TPSA) is 96.9 Å². The quantitative estimate of drug-likeness (QED) is 0.646. The van der Waals surface area contributed by atoms with Crippen molar-refractivity contribution in [3.8, 4) is 5.75 Å². The van der Waals surface area contributed by atoms with Gasteiger partial charge < -0.3 is 15.4 Å². The van der Waals surface area contributed by atoms with Gasteiger partial charge in [0.05, 0.1) is 9.38 Å². The van der Waals surface area contributed by atoms with Crippen LogP contribution in [0, 0.1) is 0 Å². The lowest BCUT2D eigenvalue weighted by Gasteiger charge is -2.09. The normalized spacial score (nSPS) is 14.5. The number of carbonyl (C=O) groups is 3. The minimum absolute atomic E-state index is 0.143. The van der Waals surface area contributed by atoms with Gasteiger partial charge in [0.2, 0.25) is 5.91 Å². The Bertz CT molecular complexity index is 1020. The van der Waals surface area contributed by atoms with E-state index in [1.165, 1.54) is 6.92 Å². The molecule has 0 saturated heterocycles. The maximum atomic E-state index is 12.0. The van der Waals surface area contributed by atoms with Crippen molar-refractivity contribution in [2.24, 2.45) is 4.99 Å². The van der Waals surface area contributed by atoms with E-state index in [1.807, 2.05) is 18.2 Å². The molecule has 0 bridgehead atoms. The lowest BCUT2D eigenvalue weighted by molar-refractivity contribution is -0.118. The predicted octanol–water partition coefficient (Wildman–Crippen LogP) is 3.57. The zero-order valence-electron chi connectivity index (χ0n) is 15.3. The summed E-state index contributed by atoms with van der Waals surface area (Å²) >= 11 is 4.51. The molecule has 2 aromatic carbocycles. The maximum absolute atomic E-state index is 12.0. The number of nitrogens with one attached hydrogen (secondary N) is 2. The lowest BCUT2D eigenvalue weighted by atomic mass is 10.2. The third kappa shape index (κ3) is 6.03. The molecular formula is C20H16BrN3O4S. The second kappa shape index (κ2) is 9.53. The van der Waals surface area contributed by atoms with Crippen LogP contribution in [-0.2, 0) is 14.4 Å². The molecule has 3 amide bonds. The standard InChI is InChI=1S/C20H16BrN3O4S/c1-12(25)22-20-24-19(27)17(29-20)10-13-7-8-16(15(21)9-13)28-11-18(26)23-14-5-3-2-4-6-14/h2-10H,11H2,1H3,(H,23,26)(H,22,24,25,27). The number of nitrogens with zero attached hydrogens (tertiary/aromatic N) is 1. The van der Waals surface area contributed by atoms with Gasteiger partial charge in [-0.25, -0.2) is 0 Å². The van der Waals surface area contributed by atoms with Crippen molar-refractivity contribution in [1.82, 2.24) is 5.32 Å². The molecule has 1 aliphatic rings. The molecule has 3 rings (SSSR count). The van der Waals surface area contributed by atoms with Gasteiger partial charge in [-0.3, -0.25) is 14.4 Å². The van der Waals surface area contributed by atoms with Crippen LogP contribution < -0.4 is 15.4 Å². The van der Waals surface area contributed by atoms with Crippen molar-refractivity contribution in [3.05, 3.63) is 63.5 Å². The van der Waals surface area contributed by atoms with E-state index in [4.69, 9.17) is 4.74 Å². The molecule has 9 heteroatoms. The zero-order chi connectivity index (χ0) is 20.8. The summed E-state index contributed by atoms with van der Waals surface area (Å²) in [4.78, 5) is 39.2. The number of hydrogen-bond donors (Lipinski definition) is 2. The van der Waals surface area contributed by atoms with Gasteiger partial charge in [-0.05, 0) is 63.6 Å². The van der Waals surface area contributed by atoms with Gasteiger partial charge in [-0.2, -0.15) is 4.99 Å². The molecule has 0 fully saturated rings. The van der Waals surface area contributed by atoms with Crippen molar-refractivity contribution in [3.63, 3.8) is 0 Å². The first-order chi connectivity index (χ1) is 13.9. The van der Waals surface area contributed by atoms with Crippen LogP contribution in [-0.4, -0.2) is 29.5 Å². The Morgan fingerprint density at radius 3 is 2.62 bits per heavy atom. The van der Waals surface area contributed by atoms with Crippen LogP contribution in [0.5, 0.6) is 5.75 Å². The Kier molecular flexibility index (Phi) is 6.84. The number of thioether (sulfide) groups is 1. The molecule has 29 heavy (non-hydrogen) atoms. The predicted molar refractivity (Wildman–Crippen MR) is 117 cm³/mol. The monoisotopic (exact) mass is 473 g/mol. The van der Waals surface area contributed by atoms with Crippen molar-refractivity contribution < 1.29 is 19.1 Å². The number of rotatable bonds is 5. The average Bonchev–Trinajstić information content (AvgIpc) is 3.00. The molecule has 0 spiro atoms.